The number of hydrogen-bond acceptors (Lipinski definition) is 2. The molecule has 1 nitrogen and oxygen atoms in total. The van der Waals surface area contributed by atoms with Gasteiger partial charge in [0.1, 0.15) is 0 Å². The van der Waals surface area contributed by atoms with E-state index in [1.54, 1.807) is 0 Å². The van der Waals surface area contributed by atoms with Gasteiger partial charge in [0.15, 0.2) is 0 Å². The SMILES string of the molecule is Cc1ccc(SCCC(C)(C)N)cc1. The molecule has 0 aliphatic rings. The summed E-state index contributed by atoms with van der Waals surface area (Å²) >= 11 is 1.88. The Morgan fingerprint density at radius 1 is 1.21 bits per heavy atom. The van der Waals surface area contributed by atoms with E-state index in [0.717, 1.165) is 12.2 Å². The van der Waals surface area contributed by atoms with E-state index in [1.165, 1.54) is 10.5 Å². The molecule has 0 amide bonds. The highest BCUT2D eigenvalue weighted by atomic mass is 32.2. The molecule has 0 fully saturated rings. The molecule has 2 heteroatoms. The van der Waals surface area contributed by atoms with Crippen LogP contribution in [0.3, 0.4) is 0 Å². The Balaban J connectivity index is 2.35. The summed E-state index contributed by atoms with van der Waals surface area (Å²) in [6, 6.07) is 8.64. The zero-order valence-corrected chi connectivity index (χ0v) is 10.0. The van der Waals surface area contributed by atoms with Crippen LogP contribution in [0.25, 0.3) is 0 Å². The lowest BCUT2D eigenvalue weighted by Gasteiger charge is -2.17. The molecule has 1 aromatic carbocycles. The predicted octanol–water partition coefficient (Wildman–Crippen LogP) is 3.21. The van der Waals surface area contributed by atoms with Gasteiger partial charge in [-0.25, -0.2) is 0 Å². The molecule has 0 radical (unpaired) electrons. The second kappa shape index (κ2) is 4.85. The van der Waals surface area contributed by atoms with E-state index in [0.29, 0.717) is 0 Å². The Morgan fingerprint density at radius 3 is 2.29 bits per heavy atom. The molecule has 0 aliphatic heterocycles. The normalized spacial score (nSPS) is 11.7. The number of hydrogen-bond donors (Lipinski definition) is 1. The summed E-state index contributed by atoms with van der Waals surface area (Å²) < 4.78 is 0. The van der Waals surface area contributed by atoms with E-state index in [1.807, 2.05) is 11.8 Å². The van der Waals surface area contributed by atoms with Gasteiger partial charge in [-0.15, -0.1) is 11.8 Å². The van der Waals surface area contributed by atoms with Crippen LogP contribution in [0.15, 0.2) is 29.2 Å². The first-order chi connectivity index (χ1) is 6.47. The van der Waals surface area contributed by atoms with Crippen molar-refractivity contribution in [3.05, 3.63) is 29.8 Å². The number of thioether (sulfide) groups is 1. The predicted molar refractivity (Wildman–Crippen MR) is 64.8 cm³/mol. The number of rotatable bonds is 4. The average molecular weight is 209 g/mol. The maximum absolute atomic E-state index is 5.91. The third-order valence-electron chi connectivity index (χ3n) is 2.04. The minimum atomic E-state index is -0.0440. The average Bonchev–Trinajstić information content (AvgIpc) is 2.06. The van der Waals surface area contributed by atoms with Crippen molar-refractivity contribution in [3.63, 3.8) is 0 Å². The molecule has 2 N–H and O–H groups in total. The summed E-state index contributed by atoms with van der Waals surface area (Å²) in [5, 5.41) is 0. The van der Waals surface area contributed by atoms with Gasteiger partial charge in [0, 0.05) is 10.4 Å². The molecule has 0 aliphatic carbocycles. The van der Waals surface area contributed by atoms with Crippen LogP contribution < -0.4 is 5.73 Å². The third-order valence-corrected chi connectivity index (χ3v) is 3.05. The highest BCUT2D eigenvalue weighted by Crippen LogP contribution is 2.21. The Bertz CT molecular complexity index is 271. The maximum Gasteiger partial charge on any atom is 0.0105 e. The molecule has 0 heterocycles. The summed E-state index contributed by atoms with van der Waals surface area (Å²) in [7, 11) is 0. The molecule has 1 rings (SSSR count). The van der Waals surface area contributed by atoms with E-state index in [9.17, 15) is 0 Å². The maximum atomic E-state index is 5.91. The Hall–Kier alpha value is -0.470. The second-order valence-corrected chi connectivity index (χ2v) is 5.57. The summed E-state index contributed by atoms with van der Waals surface area (Å²) in [5.74, 6) is 1.09. The first kappa shape index (κ1) is 11.6. The molecule has 1 aromatic rings. The van der Waals surface area contributed by atoms with Crippen LogP contribution >= 0.6 is 11.8 Å². The van der Waals surface area contributed by atoms with Gasteiger partial charge >= 0.3 is 0 Å². The van der Waals surface area contributed by atoms with E-state index in [4.69, 9.17) is 5.73 Å². The van der Waals surface area contributed by atoms with E-state index in [-0.39, 0.29) is 5.54 Å². The Kier molecular flexibility index (Phi) is 4.02. The van der Waals surface area contributed by atoms with Crippen molar-refractivity contribution in [1.82, 2.24) is 0 Å². The lowest BCUT2D eigenvalue weighted by molar-refractivity contribution is 0.506. The fourth-order valence-electron chi connectivity index (χ4n) is 1.07. The van der Waals surface area contributed by atoms with Crippen LogP contribution in [0, 0.1) is 6.92 Å². The minimum Gasteiger partial charge on any atom is -0.326 e. The molecule has 0 saturated carbocycles. The smallest absolute Gasteiger partial charge is 0.0105 e. The lowest BCUT2D eigenvalue weighted by Crippen LogP contribution is -2.32. The summed E-state index contributed by atoms with van der Waals surface area (Å²) in [5.41, 5.74) is 7.18. The number of benzene rings is 1. The Morgan fingerprint density at radius 2 is 1.79 bits per heavy atom. The van der Waals surface area contributed by atoms with Gasteiger partial charge in [0.25, 0.3) is 0 Å². The minimum absolute atomic E-state index is 0.0440. The van der Waals surface area contributed by atoms with Gasteiger partial charge in [0.2, 0.25) is 0 Å². The molecule has 0 atom stereocenters. The van der Waals surface area contributed by atoms with E-state index >= 15 is 0 Å². The molecule has 0 saturated heterocycles. The molecular weight excluding hydrogens is 190 g/mol. The molecule has 14 heavy (non-hydrogen) atoms. The topological polar surface area (TPSA) is 26.0 Å². The lowest BCUT2D eigenvalue weighted by atomic mass is 10.0. The van der Waals surface area contributed by atoms with Crippen molar-refractivity contribution in [1.29, 1.82) is 0 Å². The van der Waals surface area contributed by atoms with Crippen molar-refractivity contribution in [2.75, 3.05) is 5.75 Å². The van der Waals surface area contributed by atoms with Crippen LogP contribution in [-0.4, -0.2) is 11.3 Å². The summed E-state index contributed by atoms with van der Waals surface area (Å²) in [4.78, 5) is 1.33. The first-order valence-corrected chi connectivity index (χ1v) is 5.94. The van der Waals surface area contributed by atoms with E-state index < -0.39 is 0 Å². The van der Waals surface area contributed by atoms with Gasteiger partial charge in [0.05, 0.1) is 0 Å². The van der Waals surface area contributed by atoms with Gasteiger partial charge in [-0.1, -0.05) is 17.7 Å². The first-order valence-electron chi connectivity index (χ1n) is 4.96. The van der Waals surface area contributed by atoms with Crippen LogP contribution in [0.1, 0.15) is 25.8 Å². The van der Waals surface area contributed by atoms with Crippen molar-refractivity contribution in [2.45, 2.75) is 37.6 Å². The molecular formula is C12H19NS. The summed E-state index contributed by atoms with van der Waals surface area (Å²) in [6.07, 6.45) is 1.05. The monoisotopic (exact) mass is 209 g/mol. The van der Waals surface area contributed by atoms with Crippen LogP contribution in [0.2, 0.25) is 0 Å². The van der Waals surface area contributed by atoms with Crippen LogP contribution in [0.4, 0.5) is 0 Å². The van der Waals surface area contributed by atoms with Gasteiger partial charge in [-0.05, 0) is 45.1 Å². The van der Waals surface area contributed by atoms with Crippen LogP contribution in [0.5, 0.6) is 0 Å². The van der Waals surface area contributed by atoms with E-state index in [2.05, 4.69) is 45.0 Å². The largest absolute Gasteiger partial charge is 0.326 e. The number of aryl methyl sites for hydroxylation is 1. The summed E-state index contributed by atoms with van der Waals surface area (Å²) in [6.45, 7) is 6.25. The number of nitrogens with two attached hydrogens (primary N) is 1. The fraction of sp³-hybridized carbons (Fsp3) is 0.500. The Labute approximate surface area is 91.1 Å². The highest BCUT2D eigenvalue weighted by molar-refractivity contribution is 7.99. The van der Waals surface area contributed by atoms with Crippen LogP contribution in [-0.2, 0) is 0 Å². The van der Waals surface area contributed by atoms with Crippen molar-refractivity contribution >= 4 is 11.8 Å². The second-order valence-electron chi connectivity index (χ2n) is 4.40. The zero-order valence-electron chi connectivity index (χ0n) is 9.21. The van der Waals surface area contributed by atoms with Gasteiger partial charge < -0.3 is 5.73 Å². The van der Waals surface area contributed by atoms with Crippen molar-refractivity contribution < 1.29 is 0 Å². The zero-order chi connectivity index (χ0) is 10.6. The third kappa shape index (κ3) is 4.68. The standard InChI is InChI=1S/C12H19NS/c1-10-4-6-11(7-5-10)14-9-8-12(2,3)13/h4-7H,8-9,13H2,1-3H3. The molecule has 78 valence electrons. The molecule has 0 aromatic heterocycles. The molecule has 0 spiro atoms. The van der Waals surface area contributed by atoms with Gasteiger partial charge in [-0.3, -0.25) is 0 Å². The quantitative estimate of drug-likeness (QED) is 0.771. The fourth-order valence-corrected chi connectivity index (χ4v) is 2.26. The van der Waals surface area contributed by atoms with Crippen molar-refractivity contribution in [2.24, 2.45) is 5.73 Å². The molecule has 0 bridgehead atoms. The highest BCUT2D eigenvalue weighted by Gasteiger charge is 2.09. The van der Waals surface area contributed by atoms with Crippen molar-refractivity contribution in [3.8, 4) is 0 Å². The van der Waals surface area contributed by atoms with Gasteiger partial charge in [-0.2, -0.15) is 0 Å². The molecule has 0 unspecified atom stereocenters.